The van der Waals surface area contributed by atoms with Crippen molar-refractivity contribution in [2.24, 2.45) is 0 Å². The Morgan fingerprint density at radius 1 is 1.36 bits per heavy atom. The summed E-state index contributed by atoms with van der Waals surface area (Å²) in [6.07, 6.45) is 0.230. The molecule has 0 aromatic rings. The van der Waals surface area contributed by atoms with E-state index in [1.807, 2.05) is 0 Å². The molecule has 0 aliphatic carbocycles. The van der Waals surface area contributed by atoms with Crippen LogP contribution >= 0.6 is 21.6 Å². The van der Waals surface area contributed by atoms with Crippen molar-refractivity contribution in [2.75, 3.05) is 12.9 Å². The van der Waals surface area contributed by atoms with E-state index < -0.39 is 0 Å². The third-order valence-electron chi connectivity index (χ3n) is 1.05. The lowest BCUT2D eigenvalue weighted by molar-refractivity contribution is -0.146. The Bertz CT molecular complexity index is 194. The van der Waals surface area contributed by atoms with Crippen LogP contribution in [0.3, 0.4) is 0 Å². The van der Waals surface area contributed by atoms with E-state index in [1.165, 1.54) is 17.9 Å². The van der Waals surface area contributed by atoms with Crippen molar-refractivity contribution in [1.29, 1.82) is 0 Å². The fourth-order valence-corrected chi connectivity index (χ4v) is 2.06. The third-order valence-corrected chi connectivity index (χ3v) is 3.10. The van der Waals surface area contributed by atoms with Crippen molar-refractivity contribution in [3.63, 3.8) is 0 Å². The largest absolute Gasteiger partial charge is 0.463 e. The molecule has 0 saturated heterocycles. The molecule has 14 heavy (non-hydrogen) atoms. The highest BCUT2D eigenvalue weighted by Crippen LogP contribution is 2.23. The number of carbonyl (C=O) groups excluding carboxylic acids is 2. The summed E-state index contributed by atoms with van der Waals surface area (Å²) in [4.78, 5) is 21.6. The summed E-state index contributed by atoms with van der Waals surface area (Å²) in [6.45, 7) is 3.60. The number of esters is 1. The molecule has 0 aromatic heterocycles. The van der Waals surface area contributed by atoms with E-state index in [2.05, 4.69) is 4.74 Å². The average Bonchev–Trinajstić information content (AvgIpc) is 2.10. The van der Waals surface area contributed by atoms with E-state index >= 15 is 0 Å². The molecule has 82 valence electrons. The third kappa shape index (κ3) is 8.25. The van der Waals surface area contributed by atoms with Gasteiger partial charge in [0.1, 0.15) is 0 Å². The van der Waals surface area contributed by atoms with Crippen LogP contribution in [0.5, 0.6) is 0 Å². The second-order valence-electron chi connectivity index (χ2n) is 2.65. The molecular weight excluding hydrogens is 224 g/mol. The SMILES string of the molecule is COC(=O)SSCCC(=O)OC(C)C. The Balaban J connectivity index is 3.36. The summed E-state index contributed by atoms with van der Waals surface area (Å²) in [5, 5.41) is -0.354. The summed E-state index contributed by atoms with van der Waals surface area (Å²) in [5.41, 5.74) is 0. The zero-order valence-electron chi connectivity index (χ0n) is 8.44. The predicted octanol–water partition coefficient (Wildman–Crippen LogP) is 2.48. The minimum absolute atomic E-state index is 0.0826. The Hall–Kier alpha value is -0.360. The Morgan fingerprint density at radius 3 is 2.50 bits per heavy atom. The lowest BCUT2D eigenvalue weighted by Crippen LogP contribution is -2.11. The number of rotatable bonds is 5. The van der Waals surface area contributed by atoms with E-state index in [9.17, 15) is 9.59 Å². The van der Waals surface area contributed by atoms with Crippen LogP contribution in [-0.4, -0.2) is 30.2 Å². The van der Waals surface area contributed by atoms with Crippen LogP contribution in [0.4, 0.5) is 4.79 Å². The molecule has 0 aliphatic rings. The van der Waals surface area contributed by atoms with Gasteiger partial charge >= 0.3 is 11.3 Å². The maximum Gasteiger partial charge on any atom is 0.377 e. The van der Waals surface area contributed by atoms with Gasteiger partial charge in [0, 0.05) is 16.5 Å². The molecule has 0 atom stereocenters. The van der Waals surface area contributed by atoms with Crippen LogP contribution in [-0.2, 0) is 14.3 Å². The molecule has 0 rings (SSSR count). The lowest BCUT2D eigenvalue weighted by Gasteiger charge is -2.06. The molecule has 0 bridgehead atoms. The monoisotopic (exact) mass is 238 g/mol. The Labute approximate surface area is 91.5 Å². The molecule has 0 radical (unpaired) electrons. The second-order valence-corrected chi connectivity index (χ2v) is 5.00. The number of ether oxygens (including phenoxy) is 2. The number of hydrogen-bond acceptors (Lipinski definition) is 6. The normalized spacial score (nSPS) is 10.0. The van der Waals surface area contributed by atoms with Crippen molar-refractivity contribution in [2.45, 2.75) is 26.4 Å². The minimum atomic E-state index is -0.354. The molecule has 6 heteroatoms. The smallest absolute Gasteiger partial charge is 0.377 e. The van der Waals surface area contributed by atoms with Gasteiger partial charge in [0.2, 0.25) is 0 Å². The first-order chi connectivity index (χ1) is 6.56. The Kier molecular flexibility index (Phi) is 7.78. The number of carbonyl (C=O) groups is 2. The van der Waals surface area contributed by atoms with Gasteiger partial charge < -0.3 is 9.47 Å². The summed E-state index contributed by atoms with van der Waals surface area (Å²) in [6, 6.07) is 0. The molecule has 0 aliphatic heterocycles. The van der Waals surface area contributed by atoms with Crippen LogP contribution in [0.25, 0.3) is 0 Å². The van der Waals surface area contributed by atoms with E-state index in [1.54, 1.807) is 13.8 Å². The molecular formula is C8H14O4S2. The Morgan fingerprint density at radius 2 is 2.00 bits per heavy atom. The molecule has 0 amide bonds. The fraction of sp³-hybridized carbons (Fsp3) is 0.750. The molecule has 0 saturated carbocycles. The minimum Gasteiger partial charge on any atom is -0.463 e. The molecule has 0 unspecified atom stereocenters. The highest BCUT2D eigenvalue weighted by Gasteiger charge is 2.07. The molecule has 0 fully saturated rings. The predicted molar refractivity (Wildman–Crippen MR) is 58.3 cm³/mol. The van der Waals surface area contributed by atoms with E-state index in [0.29, 0.717) is 12.2 Å². The van der Waals surface area contributed by atoms with Crippen molar-refractivity contribution in [3.05, 3.63) is 0 Å². The zero-order valence-corrected chi connectivity index (χ0v) is 10.1. The first-order valence-corrected chi connectivity index (χ1v) is 6.45. The van der Waals surface area contributed by atoms with Crippen molar-refractivity contribution >= 4 is 32.9 Å². The summed E-state index contributed by atoms with van der Waals surface area (Å²) in [5.74, 6) is 0.309. The molecule has 0 aromatic carbocycles. The first kappa shape index (κ1) is 13.6. The van der Waals surface area contributed by atoms with Gasteiger partial charge in [-0.2, -0.15) is 0 Å². The second kappa shape index (κ2) is 7.99. The maximum absolute atomic E-state index is 11.0. The highest BCUT2D eigenvalue weighted by atomic mass is 33.1. The van der Waals surface area contributed by atoms with Gasteiger partial charge in [0.05, 0.1) is 19.6 Å². The molecule has 0 spiro atoms. The summed E-state index contributed by atoms with van der Waals surface area (Å²) < 4.78 is 9.31. The summed E-state index contributed by atoms with van der Waals surface area (Å²) >= 11 is 0. The van der Waals surface area contributed by atoms with E-state index in [-0.39, 0.29) is 17.4 Å². The average molecular weight is 238 g/mol. The van der Waals surface area contributed by atoms with Gasteiger partial charge in [-0.05, 0) is 13.8 Å². The van der Waals surface area contributed by atoms with E-state index in [4.69, 9.17) is 4.74 Å². The van der Waals surface area contributed by atoms with Crippen LogP contribution in [0, 0.1) is 0 Å². The van der Waals surface area contributed by atoms with Gasteiger partial charge in [-0.3, -0.25) is 4.79 Å². The topological polar surface area (TPSA) is 52.6 Å². The van der Waals surface area contributed by atoms with Crippen LogP contribution in [0.2, 0.25) is 0 Å². The molecule has 4 nitrogen and oxygen atoms in total. The van der Waals surface area contributed by atoms with E-state index in [0.717, 1.165) is 10.8 Å². The van der Waals surface area contributed by atoms with Crippen LogP contribution in [0.15, 0.2) is 0 Å². The van der Waals surface area contributed by atoms with Crippen molar-refractivity contribution in [3.8, 4) is 0 Å². The van der Waals surface area contributed by atoms with Crippen molar-refractivity contribution < 1.29 is 19.1 Å². The first-order valence-electron chi connectivity index (χ1n) is 4.13. The quantitative estimate of drug-likeness (QED) is 0.416. The molecule has 0 heterocycles. The van der Waals surface area contributed by atoms with Gasteiger partial charge in [0.25, 0.3) is 0 Å². The van der Waals surface area contributed by atoms with Gasteiger partial charge in [-0.15, -0.1) is 0 Å². The van der Waals surface area contributed by atoms with Crippen LogP contribution in [0.1, 0.15) is 20.3 Å². The standard InChI is InChI=1S/C8H14O4S2/c1-6(2)12-7(9)4-5-13-14-8(10)11-3/h6H,4-5H2,1-3H3. The summed E-state index contributed by atoms with van der Waals surface area (Å²) in [7, 11) is 3.59. The van der Waals surface area contributed by atoms with Gasteiger partial charge in [0.15, 0.2) is 0 Å². The number of methoxy groups -OCH3 is 1. The fourth-order valence-electron chi connectivity index (χ4n) is 0.571. The number of hydrogen-bond donors (Lipinski definition) is 0. The van der Waals surface area contributed by atoms with Gasteiger partial charge in [-0.25, -0.2) is 4.79 Å². The molecule has 0 N–H and O–H groups in total. The van der Waals surface area contributed by atoms with Crippen molar-refractivity contribution in [1.82, 2.24) is 0 Å². The lowest BCUT2D eigenvalue weighted by atomic mass is 10.4. The maximum atomic E-state index is 11.0. The zero-order chi connectivity index (χ0) is 11.0. The van der Waals surface area contributed by atoms with Gasteiger partial charge in [-0.1, -0.05) is 10.8 Å². The van der Waals surface area contributed by atoms with Crippen LogP contribution < -0.4 is 0 Å². The highest BCUT2D eigenvalue weighted by molar-refractivity contribution is 8.82.